The molecule has 0 bridgehead atoms. The maximum absolute atomic E-state index is 12.0. The number of rotatable bonds is 6. The third-order valence-electron chi connectivity index (χ3n) is 3.38. The summed E-state index contributed by atoms with van der Waals surface area (Å²) in [6, 6.07) is 8.50. The van der Waals surface area contributed by atoms with Gasteiger partial charge in [0.25, 0.3) is 0 Å². The first-order valence-electron chi connectivity index (χ1n) is 7.48. The van der Waals surface area contributed by atoms with E-state index in [4.69, 9.17) is 5.73 Å². The zero-order chi connectivity index (χ0) is 16.0. The Kier molecular flexibility index (Phi) is 6.37. The van der Waals surface area contributed by atoms with Gasteiger partial charge in [-0.1, -0.05) is 29.8 Å². The van der Waals surface area contributed by atoms with Gasteiger partial charge < -0.3 is 11.1 Å². The summed E-state index contributed by atoms with van der Waals surface area (Å²) in [6.07, 6.45) is 0.427. The van der Waals surface area contributed by atoms with E-state index in [-0.39, 0.29) is 17.5 Å². The van der Waals surface area contributed by atoms with Crippen molar-refractivity contribution in [3.05, 3.63) is 35.4 Å². The van der Waals surface area contributed by atoms with Gasteiger partial charge in [0.2, 0.25) is 5.91 Å². The molecule has 1 unspecified atom stereocenters. The van der Waals surface area contributed by atoms with Crippen LogP contribution in [0.3, 0.4) is 0 Å². The molecule has 0 spiro atoms. The number of carbonyl (C=O) groups is 1. The number of hydrogen-bond acceptors (Lipinski definition) is 3. The van der Waals surface area contributed by atoms with Crippen molar-refractivity contribution in [2.75, 3.05) is 13.6 Å². The lowest BCUT2D eigenvalue weighted by Crippen LogP contribution is -2.46. The molecule has 0 aliphatic heterocycles. The second kappa shape index (κ2) is 7.57. The van der Waals surface area contributed by atoms with Crippen molar-refractivity contribution in [1.29, 1.82) is 0 Å². The number of likely N-dealkylation sites (N-methyl/N-ethyl adjacent to an activating group) is 1. The zero-order valence-corrected chi connectivity index (χ0v) is 13.9. The minimum Gasteiger partial charge on any atom is -0.351 e. The summed E-state index contributed by atoms with van der Waals surface area (Å²) in [5.41, 5.74) is 8.12. The zero-order valence-electron chi connectivity index (χ0n) is 13.9. The van der Waals surface area contributed by atoms with E-state index < -0.39 is 0 Å². The molecule has 21 heavy (non-hydrogen) atoms. The first-order valence-corrected chi connectivity index (χ1v) is 7.48. The molecule has 1 aromatic rings. The van der Waals surface area contributed by atoms with Crippen LogP contribution in [-0.4, -0.2) is 36.0 Å². The summed E-state index contributed by atoms with van der Waals surface area (Å²) in [7, 11) is 2.02. The van der Waals surface area contributed by atoms with Crippen LogP contribution in [0.15, 0.2) is 24.3 Å². The van der Waals surface area contributed by atoms with E-state index in [0.717, 1.165) is 6.54 Å². The van der Waals surface area contributed by atoms with Crippen molar-refractivity contribution < 1.29 is 4.79 Å². The standard InChI is InChI=1S/C17H29N3O/c1-13-6-8-14(9-7-13)12-20(5)15(11-18)10-16(21)19-17(2,3)4/h6-9,15H,10-12,18H2,1-5H3,(H,19,21). The highest BCUT2D eigenvalue weighted by molar-refractivity contribution is 5.77. The minimum absolute atomic E-state index is 0.0497. The number of benzene rings is 1. The fourth-order valence-electron chi connectivity index (χ4n) is 2.21. The predicted octanol–water partition coefficient (Wildman–Crippen LogP) is 2.06. The summed E-state index contributed by atoms with van der Waals surface area (Å²) >= 11 is 0. The van der Waals surface area contributed by atoms with E-state index >= 15 is 0 Å². The van der Waals surface area contributed by atoms with Crippen LogP contribution in [0, 0.1) is 6.92 Å². The quantitative estimate of drug-likeness (QED) is 0.843. The lowest BCUT2D eigenvalue weighted by Gasteiger charge is -2.28. The molecule has 0 aliphatic rings. The molecule has 0 aliphatic carbocycles. The molecule has 4 heteroatoms. The minimum atomic E-state index is -0.203. The van der Waals surface area contributed by atoms with Gasteiger partial charge in [0.05, 0.1) is 0 Å². The summed E-state index contributed by atoms with van der Waals surface area (Å²) in [4.78, 5) is 14.2. The highest BCUT2D eigenvalue weighted by Crippen LogP contribution is 2.10. The Bertz CT molecular complexity index is 448. The smallest absolute Gasteiger partial charge is 0.222 e. The van der Waals surface area contributed by atoms with Crippen LogP contribution in [-0.2, 0) is 11.3 Å². The van der Waals surface area contributed by atoms with Crippen LogP contribution in [0.1, 0.15) is 38.3 Å². The molecule has 1 atom stereocenters. The number of aryl methyl sites for hydroxylation is 1. The van der Waals surface area contributed by atoms with Gasteiger partial charge in [0, 0.05) is 31.1 Å². The second-order valence-corrected chi connectivity index (χ2v) is 6.79. The number of nitrogens with two attached hydrogens (primary N) is 1. The van der Waals surface area contributed by atoms with E-state index in [1.165, 1.54) is 11.1 Å². The number of hydrogen-bond donors (Lipinski definition) is 2. The van der Waals surface area contributed by atoms with E-state index in [1.54, 1.807) is 0 Å². The average molecular weight is 291 g/mol. The molecule has 1 amide bonds. The van der Waals surface area contributed by atoms with Crippen molar-refractivity contribution in [1.82, 2.24) is 10.2 Å². The van der Waals surface area contributed by atoms with Gasteiger partial charge in [0.1, 0.15) is 0 Å². The third kappa shape index (κ3) is 6.74. The molecule has 0 saturated heterocycles. The molecule has 0 radical (unpaired) electrons. The summed E-state index contributed by atoms with van der Waals surface area (Å²) in [6.45, 7) is 9.30. The molecule has 1 rings (SSSR count). The fourth-order valence-corrected chi connectivity index (χ4v) is 2.21. The topological polar surface area (TPSA) is 58.4 Å². The monoisotopic (exact) mass is 291 g/mol. The Balaban J connectivity index is 2.58. The van der Waals surface area contributed by atoms with Crippen LogP contribution in [0.5, 0.6) is 0 Å². The fraction of sp³-hybridized carbons (Fsp3) is 0.588. The van der Waals surface area contributed by atoms with Crippen LogP contribution < -0.4 is 11.1 Å². The Morgan fingerprint density at radius 2 is 1.86 bits per heavy atom. The Hall–Kier alpha value is -1.39. The molecular formula is C17H29N3O. The van der Waals surface area contributed by atoms with Gasteiger partial charge in [-0.3, -0.25) is 9.69 Å². The first kappa shape index (κ1) is 17.7. The number of nitrogens with one attached hydrogen (secondary N) is 1. The van der Waals surface area contributed by atoms with Crippen molar-refractivity contribution in [3.8, 4) is 0 Å². The van der Waals surface area contributed by atoms with Crippen LogP contribution in [0.4, 0.5) is 0 Å². The number of nitrogens with zero attached hydrogens (tertiary/aromatic N) is 1. The molecule has 0 aromatic heterocycles. The summed E-state index contributed by atoms with van der Waals surface area (Å²) < 4.78 is 0. The number of carbonyl (C=O) groups excluding carboxylic acids is 1. The highest BCUT2D eigenvalue weighted by Gasteiger charge is 2.20. The number of amides is 1. The van der Waals surface area contributed by atoms with Crippen molar-refractivity contribution in [2.45, 2.75) is 52.2 Å². The lowest BCUT2D eigenvalue weighted by molar-refractivity contribution is -0.123. The molecule has 3 N–H and O–H groups in total. The van der Waals surface area contributed by atoms with Gasteiger partial charge in [-0.25, -0.2) is 0 Å². The SMILES string of the molecule is Cc1ccc(CN(C)C(CN)CC(=O)NC(C)(C)C)cc1. The van der Waals surface area contributed by atoms with Crippen LogP contribution >= 0.6 is 0 Å². The average Bonchev–Trinajstić information content (AvgIpc) is 2.36. The Morgan fingerprint density at radius 3 is 2.33 bits per heavy atom. The van der Waals surface area contributed by atoms with Gasteiger partial charge in [0.15, 0.2) is 0 Å². The van der Waals surface area contributed by atoms with Gasteiger partial charge in [-0.2, -0.15) is 0 Å². The van der Waals surface area contributed by atoms with Gasteiger partial charge >= 0.3 is 0 Å². The highest BCUT2D eigenvalue weighted by atomic mass is 16.1. The molecule has 1 aromatic carbocycles. The van der Waals surface area contributed by atoms with E-state index in [9.17, 15) is 4.79 Å². The Labute approximate surface area is 128 Å². The molecule has 0 fully saturated rings. The van der Waals surface area contributed by atoms with Crippen molar-refractivity contribution in [3.63, 3.8) is 0 Å². The van der Waals surface area contributed by atoms with E-state index in [2.05, 4.69) is 41.4 Å². The maximum Gasteiger partial charge on any atom is 0.222 e. The van der Waals surface area contributed by atoms with E-state index in [1.807, 2.05) is 27.8 Å². The van der Waals surface area contributed by atoms with Crippen molar-refractivity contribution in [2.24, 2.45) is 5.73 Å². The summed E-state index contributed by atoms with van der Waals surface area (Å²) in [5.74, 6) is 0.0497. The predicted molar refractivity (Wildman–Crippen MR) is 88.0 cm³/mol. The largest absolute Gasteiger partial charge is 0.351 e. The third-order valence-corrected chi connectivity index (χ3v) is 3.38. The lowest BCUT2D eigenvalue weighted by atomic mass is 10.1. The normalized spacial score (nSPS) is 13.3. The first-order chi connectivity index (χ1) is 9.71. The van der Waals surface area contributed by atoms with Gasteiger partial charge in [-0.05, 0) is 40.3 Å². The molecule has 118 valence electrons. The van der Waals surface area contributed by atoms with Gasteiger partial charge in [-0.15, -0.1) is 0 Å². The molecular weight excluding hydrogens is 262 g/mol. The molecule has 0 heterocycles. The Morgan fingerprint density at radius 1 is 1.29 bits per heavy atom. The van der Waals surface area contributed by atoms with Crippen molar-refractivity contribution >= 4 is 5.91 Å². The van der Waals surface area contributed by atoms with E-state index in [0.29, 0.717) is 13.0 Å². The molecule has 0 saturated carbocycles. The summed E-state index contributed by atoms with van der Waals surface area (Å²) in [5, 5.41) is 2.99. The maximum atomic E-state index is 12.0. The second-order valence-electron chi connectivity index (χ2n) is 6.79. The van der Waals surface area contributed by atoms with Crippen LogP contribution in [0.25, 0.3) is 0 Å². The molecule has 4 nitrogen and oxygen atoms in total. The van der Waals surface area contributed by atoms with Crippen LogP contribution in [0.2, 0.25) is 0 Å².